The molecule has 10 heavy (non-hydrogen) atoms. The molecule has 0 aromatic rings. The van der Waals surface area contributed by atoms with Gasteiger partial charge in [0.25, 0.3) is 0 Å². The molecule has 1 heterocycles. The first-order valence-corrected chi connectivity index (χ1v) is 3.55. The van der Waals surface area contributed by atoms with Crippen LogP contribution in [0.15, 0.2) is 0 Å². The summed E-state index contributed by atoms with van der Waals surface area (Å²) >= 11 is 5.58. The van der Waals surface area contributed by atoms with Gasteiger partial charge in [0.1, 0.15) is 5.56 Å². The van der Waals surface area contributed by atoms with Crippen molar-refractivity contribution in [1.29, 1.82) is 0 Å². The van der Waals surface area contributed by atoms with Gasteiger partial charge in [-0.1, -0.05) is 11.6 Å². The van der Waals surface area contributed by atoms with E-state index in [0.29, 0.717) is 6.42 Å². The summed E-state index contributed by atoms with van der Waals surface area (Å²) in [6.07, 6.45) is 0.954. The maximum atomic E-state index is 10.8. The van der Waals surface area contributed by atoms with E-state index in [4.69, 9.17) is 16.3 Å². The molecule has 0 aromatic heterocycles. The van der Waals surface area contributed by atoms with E-state index in [1.54, 1.807) is 0 Å². The van der Waals surface area contributed by atoms with Crippen LogP contribution in [0.4, 0.5) is 0 Å². The maximum absolute atomic E-state index is 10.8. The Morgan fingerprint density at radius 2 is 2.40 bits per heavy atom. The van der Waals surface area contributed by atoms with Crippen molar-refractivity contribution >= 4 is 17.6 Å². The molecular weight excluding hydrogens is 156 g/mol. The fraction of sp³-hybridized carbons (Fsp3) is 0.833. The molecule has 3 nitrogen and oxygen atoms in total. The van der Waals surface area contributed by atoms with Gasteiger partial charge in [0, 0.05) is 0 Å². The monoisotopic (exact) mass is 164 g/mol. The van der Waals surface area contributed by atoms with Gasteiger partial charge in [-0.05, 0) is 12.8 Å². The van der Waals surface area contributed by atoms with Crippen molar-refractivity contribution in [2.75, 3.05) is 7.11 Å². The first-order valence-electron chi connectivity index (χ1n) is 3.11. The number of hydrogen-bond acceptors (Lipinski definition) is 3. The Kier molecular flexibility index (Phi) is 2.51. The number of hydrogen-bond donors (Lipinski definition) is 0. The molecular formula is C6H9ClO3. The van der Waals surface area contributed by atoms with Crippen LogP contribution in [0.5, 0.6) is 0 Å². The molecule has 0 N–H and O–H groups in total. The Bertz CT molecular complexity index is 137. The maximum Gasteiger partial charge on any atom is 0.335 e. The molecule has 1 saturated heterocycles. The van der Waals surface area contributed by atoms with Gasteiger partial charge in [-0.2, -0.15) is 0 Å². The Morgan fingerprint density at radius 3 is 2.80 bits per heavy atom. The average molecular weight is 165 g/mol. The van der Waals surface area contributed by atoms with Crippen LogP contribution in [0, 0.1) is 0 Å². The van der Waals surface area contributed by atoms with E-state index >= 15 is 0 Å². The fourth-order valence-corrected chi connectivity index (χ4v) is 1.15. The molecule has 4 heteroatoms. The predicted octanol–water partition coefficient (Wildman–Crippen LogP) is 0.903. The highest BCUT2D eigenvalue weighted by Gasteiger charge is 2.29. The van der Waals surface area contributed by atoms with E-state index in [9.17, 15) is 4.79 Å². The van der Waals surface area contributed by atoms with Gasteiger partial charge in [0.15, 0.2) is 6.10 Å². The molecule has 1 rings (SSSR count). The van der Waals surface area contributed by atoms with E-state index in [1.807, 2.05) is 0 Å². The van der Waals surface area contributed by atoms with Crippen molar-refractivity contribution in [3.63, 3.8) is 0 Å². The molecule has 0 saturated carbocycles. The zero-order valence-electron chi connectivity index (χ0n) is 5.67. The summed E-state index contributed by atoms with van der Waals surface area (Å²) in [4.78, 5) is 10.8. The van der Waals surface area contributed by atoms with Gasteiger partial charge in [-0.25, -0.2) is 4.79 Å². The molecule has 0 aliphatic carbocycles. The molecule has 0 radical (unpaired) electrons. The van der Waals surface area contributed by atoms with E-state index in [0.717, 1.165) is 6.42 Å². The standard InChI is InChI=1S/C6H9ClO3/c1-9-6(8)4-2-3-5(7)10-4/h4-5H,2-3H2,1H3. The number of carbonyl (C=O) groups excluding carboxylic acids is 1. The second-order valence-electron chi connectivity index (χ2n) is 2.14. The highest BCUT2D eigenvalue weighted by Crippen LogP contribution is 2.22. The number of carbonyl (C=O) groups is 1. The summed E-state index contributed by atoms with van der Waals surface area (Å²) in [5.41, 5.74) is -0.316. The summed E-state index contributed by atoms with van der Waals surface area (Å²) in [5.74, 6) is -0.330. The quantitative estimate of drug-likeness (QED) is 0.427. The van der Waals surface area contributed by atoms with Crippen LogP contribution >= 0.6 is 11.6 Å². The number of methoxy groups -OCH3 is 1. The van der Waals surface area contributed by atoms with Crippen molar-refractivity contribution in [2.45, 2.75) is 24.5 Å². The van der Waals surface area contributed by atoms with Crippen LogP contribution in [0.3, 0.4) is 0 Å². The van der Waals surface area contributed by atoms with Gasteiger partial charge >= 0.3 is 5.97 Å². The lowest BCUT2D eigenvalue weighted by Gasteiger charge is -2.05. The third-order valence-corrected chi connectivity index (χ3v) is 1.75. The lowest BCUT2D eigenvalue weighted by atomic mass is 10.2. The van der Waals surface area contributed by atoms with Crippen molar-refractivity contribution in [3.05, 3.63) is 0 Å². The SMILES string of the molecule is COC(=O)C1CCC(Cl)O1. The fourth-order valence-electron chi connectivity index (χ4n) is 0.902. The second-order valence-corrected chi connectivity index (χ2v) is 2.62. The molecule has 0 aromatic carbocycles. The summed E-state index contributed by atoms with van der Waals surface area (Å²) in [7, 11) is 1.34. The summed E-state index contributed by atoms with van der Waals surface area (Å²) < 4.78 is 9.46. The second kappa shape index (κ2) is 3.21. The van der Waals surface area contributed by atoms with Crippen molar-refractivity contribution in [2.24, 2.45) is 0 Å². The normalized spacial score (nSPS) is 32.2. The first kappa shape index (κ1) is 7.82. The van der Waals surface area contributed by atoms with Crippen molar-refractivity contribution in [3.8, 4) is 0 Å². The van der Waals surface area contributed by atoms with Crippen LogP contribution in [-0.2, 0) is 14.3 Å². The molecule has 0 amide bonds. The van der Waals surface area contributed by atoms with Crippen LogP contribution in [0.25, 0.3) is 0 Å². The van der Waals surface area contributed by atoms with Gasteiger partial charge in [-0.15, -0.1) is 0 Å². The third kappa shape index (κ3) is 1.61. The Hall–Kier alpha value is -0.280. The van der Waals surface area contributed by atoms with E-state index in [2.05, 4.69) is 4.74 Å². The summed E-state index contributed by atoms with van der Waals surface area (Å²) in [6.45, 7) is 0. The Balaban J connectivity index is 2.37. The highest BCUT2D eigenvalue weighted by molar-refractivity contribution is 6.19. The largest absolute Gasteiger partial charge is 0.467 e. The molecule has 2 unspecified atom stereocenters. The number of alkyl halides is 1. The molecule has 1 aliphatic heterocycles. The Morgan fingerprint density at radius 1 is 1.70 bits per heavy atom. The van der Waals surface area contributed by atoms with Gasteiger partial charge in [-0.3, -0.25) is 0 Å². The number of ether oxygens (including phenoxy) is 2. The molecule has 0 spiro atoms. The van der Waals surface area contributed by atoms with Gasteiger partial charge < -0.3 is 9.47 Å². The van der Waals surface area contributed by atoms with Crippen LogP contribution in [0.2, 0.25) is 0 Å². The number of halogens is 1. The average Bonchev–Trinajstić information content (AvgIpc) is 2.34. The van der Waals surface area contributed by atoms with Crippen LogP contribution in [-0.4, -0.2) is 24.7 Å². The van der Waals surface area contributed by atoms with Crippen molar-refractivity contribution < 1.29 is 14.3 Å². The van der Waals surface area contributed by atoms with E-state index in [1.165, 1.54) is 7.11 Å². The minimum Gasteiger partial charge on any atom is -0.467 e. The zero-order valence-corrected chi connectivity index (χ0v) is 6.43. The lowest BCUT2D eigenvalue weighted by molar-refractivity contribution is -0.151. The zero-order chi connectivity index (χ0) is 7.56. The molecule has 1 fully saturated rings. The molecule has 58 valence electrons. The smallest absolute Gasteiger partial charge is 0.335 e. The Labute approximate surface area is 64.3 Å². The third-order valence-electron chi connectivity index (χ3n) is 1.43. The topological polar surface area (TPSA) is 35.5 Å². The van der Waals surface area contributed by atoms with Crippen LogP contribution in [0.1, 0.15) is 12.8 Å². The predicted molar refractivity (Wildman–Crippen MR) is 35.8 cm³/mol. The molecule has 0 bridgehead atoms. The first-order chi connectivity index (χ1) is 4.74. The van der Waals surface area contributed by atoms with Gasteiger partial charge in [0.2, 0.25) is 0 Å². The summed E-state index contributed by atoms with van der Waals surface area (Å²) in [6, 6.07) is 0. The minimum absolute atomic E-state index is 0.316. The molecule has 1 aliphatic rings. The van der Waals surface area contributed by atoms with E-state index in [-0.39, 0.29) is 11.5 Å². The number of rotatable bonds is 1. The van der Waals surface area contributed by atoms with Gasteiger partial charge in [0.05, 0.1) is 7.11 Å². The molecule has 2 atom stereocenters. The lowest BCUT2D eigenvalue weighted by Crippen LogP contribution is -2.21. The van der Waals surface area contributed by atoms with E-state index < -0.39 is 6.10 Å². The highest BCUT2D eigenvalue weighted by atomic mass is 35.5. The van der Waals surface area contributed by atoms with Crippen molar-refractivity contribution in [1.82, 2.24) is 0 Å². The number of esters is 1. The summed E-state index contributed by atoms with van der Waals surface area (Å²) in [5, 5.41) is 0. The minimum atomic E-state index is -0.438. The van der Waals surface area contributed by atoms with Crippen LogP contribution < -0.4 is 0 Å².